The van der Waals surface area contributed by atoms with Crippen molar-refractivity contribution in [3.8, 4) is 17.2 Å². The fraction of sp³-hybridized carbons (Fsp3) is 0.118. The number of nitrogens with zero attached hydrogens (tertiary/aromatic N) is 1. The lowest BCUT2D eigenvalue weighted by molar-refractivity contribution is -0.398. The predicted molar refractivity (Wildman–Crippen MR) is 85.5 cm³/mol. The van der Waals surface area contributed by atoms with Crippen LogP contribution in [-0.2, 0) is 0 Å². The van der Waals surface area contributed by atoms with Crippen LogP contribution in [0.3, 0.4) is 0 Å². The fourth-order valence-corrected chi connectivity index (χ4v) is 2.09. The summed E-state index contributed by atoms with van der Waals surface area (Å²) in [6.07, 6.45) is 2.34. The highest BCUT2D eigenvalue weighted by Crippen LogP contribution is 2.34. The molecule has 0 spiro atoms. The average Bonchev–Trinajstić information content (AvgIpc) is 2.59. The van der Waals surface area contributed by atoms with E-state index in [1.165, 1.54) is 37.5 Å². The van der Waals surface area contributed by atoms with Crippen molar-refractivity contribution in [2.24, 2.45) is 0 Å². The quantitative estimate of drug-likeness (QED) is 0.324. The normalized spacial score (nSPS) is 10.9. The van der Waals surface area contributed by atoms with E-state index in [1.54, 1.807) is 0 Å². The van der Waals surface area contributed by atoms with E-state index >= 15 is 0 Å². The monoisotopic (exact) mass is 364 g/mol. The van der Waals surface area contributed by atoms with Gasteiger partial charge in [0, 0.05) is 17.4 Å². The van der Waals surface area contributed by atoms with Gasteiger partial charge in [-0.05, 0) is 29.8 Å². The van der Waals surface area contributed by atoms with Crippen molar-refractivity contribution in [1.29, 1.82) is 0 Å². The van der Waals surface area contributed by atoms with Crippen LogP contribution in [-0.4, -0.2) is 24.4 Å². The van der Waals surface area contributed by atoms with E-state index in [4.69, 9.17) is 4.74 Å². The zero-order chi connectivity index (χ0) is 19.3. The van der Waals surface area contributed by atoms with E-state index in [0.29, 0.717) is 0 Å². The molecule has 26 heavy (non-hydrogen) atoms. The standard InChI is InChI=1S/C17H13F2NO6/c1-25-15-8-10(7-13(16(15)22)20(23)24)5-6-14(21)11-3-2-4-12(9-11)26-17(18)19/h2-9,17,22H,1H3/p-1/b6-5+. The predicted octanol–water partition coefficient (Wildman–Crippen LogP) is 3.17. The molecule has 0 aliphatic heterocycles. The number of nitro benzene ring substituents is 1. The van der Waals surface area contributed by atoms with Gasteiger partial charge in [-0.2, -0.15) is 8.78 Å². The van der Waals surface area contributed by atoms with Gasteiger partial charge in [0.25, 0.3) is 5.69 Å². The van der Waals surface area contributed by atoms with E-state index in [-0.39, 0.29) is 22.6 Å². The SMILES string of the molecule is COc1cc(/C=C/C(=O)c2cccc(OC(F)F)c2)cc([N+](=O)[O-])c1[O-]. The maximum Gasteiger partial charge on any atom is 0.387 e. The number of hydrogen-bond donors (Lipinski definition) is 0. The average molecular weight is 364 g/mol. The van der Waals surface area contributed by atoms with Gasteiger partial charge in [0.2, 0.25) is 0 Å². The van der Waals surface area contributed by atoms with Crippen molar-refractivity contribution in [2.75, 3.05) is 7.11 Å². The minimum Gasteiger partial charge on any atom is -0.865 e. The van der Waals surface area contributed by atoms with Crippen molar-refractivity contribution in [3.63, 3.8) is 0 Å². The first-order valence-corrected chi connectivity index (χ1v) is 7.12. The molecule has 2 rings (SSSR count). The number of ketones is 1. The minimum atomic E-state index is -3.02. The summed E-state index contributed by atoms with van der Waals surface area (Å²) in [6, 6.07) is 7.44. The maximum absolute atomic E-state index is 12.2. The second kappa shape index (κ2) is 8.06. The third-order valence-corrected chi connectivity index (χ3v) is 3.25. The molecule has 0 bridgehead atoms. The molecule has 0 aliphatic carbocycles. The van der Waals surface area contributed by atoms with E-state index in [1.807, 2.05) is 0 Å². The highest BCUT2D eigenvalue weighted by molar-refractivity contribution is 6.07. The lowest BCUT2D eigenvalue weighted by atomic mass is 10.1. The lowest BCUT2D eigenvalue weighted by Crippen LogP contribution is -2.03. The van der Waals surface area contributed by atoms with Crippen molar-refractivity contribution in [1.82, 2.24) is 0 Å². The van der Waals surface area contributed by atoms with Crippen LogP contribution < -0.4 is 14.6 Å². The lowest BCUT2D eigenvalue weighted by Gasteiger charge is -2.13. The van der Waals surface area contributed by atoms with Crippen LogP contribution in [0.25, 0.3) is 6.08 Å². The van der Waals surface area contributed by atoms with Gasteiger partial charge in [-0.3, -0.25) is 14.9 Å². The molecule has 7 nitrogen and oxygen atoms in total. The summed E-state index contributed by atoms with van der Waals surface area (Å²) in [4.78, 5) is 22.2. The smallest absolute Gasteiger partial charge is 0.387 e. The molecule has 0 atom stereocenters. The molecule has 0 aromatic heterocycles. The van der Waals surface area contributed by atoms with Crippen LogP contribution in [0.1, 0.15) is 15.9 Å². The van der Waals surface area contributed by atoms with Crippen LogP contribution in [0.15, 0.2) is 42.5 Å². The molecule has 0 aliphatic rings. The molecule has 2 aromatic rings. The van der Waals surface area contributed by atoms with Gasteiger partial charge in [0.15, 0.2) is 5.78 Å². The summed E-state index contributed by atoms with van der Waals surface area (Å²) in [7, 11) is 1.19. The topological polar surface area (TPSA) is 102 Å². The molecule has 9 heteroatoms. The number of carbonyl (C=O) groups excluding carboxylic acids is 1. The van der Waals surface area contributed by atoms with E-state index < -0.39 is 28.8 Å². The van der Waals surface area contributed by atoms with Crippen LogP contribution >= 0.6 is 0 Å². The Morgan fingerprint density at radius 1 is 1.27 bits per heavy atom. The van der Waals surface area contributed by atoms with Crippen LogP contribution in [0.4, 0.5) is 14.5 Å². The largest absolute Gasteiger partial charge is 0.865 e. The van der Waals surface area contributed by atoms with Gasteiger partial charge in [-0.15, -0.1) is 0 Å². The Morgan fingerprint density at radius 3 is 2.62 bits per heavy atom. The number of ether oxygens (including phenoxy) is 2. The van der Waals surface area contributed by atoms with Gasteiger partial charge in [-0.1, -0.05) is 18.2 Å². The van der Waals surface area contributed by atoms with Crippen LogP contribution in [0.2, 0.25) is 0 Å². The van der Waals surface area contributed by atoms with Crippen molar-refractivity contribution >= 4 is 17.5 Å². The Balaban J connectivity index is 2.28. The van der Waals surface area contributed by atoms with E-state index in [2.05, 4.69) is 4.74 Å². The van der Waals surface area contributed by atoms with Crippen LogP contribution in [0, 0.1) is 10.1 Å². The molecule has 0 heterocycles. The summed E-state index contributed by atoms with van der Waals surface area (Å²) in [5.41, 5.74) is -0.411. The zero-order valence-corrected chi connectivity index (χ0v) is 13.3. The van der Waals surface area contributed by atoms with Crippen molar-refractivity contribution < 1.29 is 33.1 Å². The molecule has 0 amide bonds. The summed E-state index contributed by atoms with van der Waals surface area (Å²) >= 11 is 0. The van der Waals surface area contributed by atoms with Gasteiger partial charge in [0.05, 0.1) is 12.0 Å². The summed E-state index contributed by atoms with van der Waals surface area (Å²) < 4.78 is 33.4. The number of methoxy groups -OCH3 is 1. The molecular weight excluding hydrogens is 352 g/mol. The Morgan fingerprint density at radius 2 is 2.00 bits per heavy atom. The van der Waals surface area contributed by atoms with E-state index in [9.17, 15) is 28.8 Å². The van der Waals surface area contributed by atoms with Gasteiger partial charge < -0.3 is 14.6 Å². The Bertz CT molecular complexity index is 866. The highest BCUT2D eigenvalue weighted by Gasteiger charge is 2.13. The second-order valence-electron chi connectivity index (χ2n) is 4.93. The Kier molecular flexibility index (Phi) is 5.84. The first kappa shape index (κ1) is 18.8. The number of alkyl halides is 2. The zero-order valence-electron chi connectivity index (χ0n) is 13.3. The highest BCUT2D eigenvalue weighted by atomic mass is 19.3. The maximum atomic E-state index is 12.2. The Labute approximate surface area is 146 Å². The van der Waals surface area contributed by atoms with Gasteiger partial charge in [-0.25, -0.2) is 0 Å². The first-order chi connectivity index (χ1) is 12.3. The molecule has 0 unspecified atom stereocenters. The molecular formula is C17H12F2NO6-. The number of allylic oxidation sites excluding steroid dienone is 1. The number of halogens is 2. The molecule has 0 radical (unpaired) electrons. The number of benzene rings is 2. The number of hydrogen-bond acceptors (Lipinski definition) is 6. The van der Waals surface area contributed by atoms with Crippen LogP contribution in [0.5, 0.6) is 17.2 Å². The minimum absolute atomic E-state index is 0.0845. The number of carbonyl (C=O) groups is 1. The van der Waals surface area contributed by atoms with Crippen molar-refractivity contribution in [3.05, 3.63) is 63.7 Å². The number of rotatable bonds is 7. The molecule has 0 saturated carbocycles. The van der Waals surface area contributed by atoms with Gasteiger partial charge in [0.1, 0.15) is 11.5 Å². The van der Waals surface area contributed by atoms with E-state index in [0.717, 1.165) is 18.2 Å². The Hall–Kier alpha value is -3.49. The second-order valence-corrected chi connectivity index (χ2v) is 4.93. The molecule has 2 aromatic carbocycles. The third kappa shape index (κ3) is 4.53. The van der Waals surface area contributed by atoms with Crippen molar-refractivity contribution in [2.45, 2.75) is 6.61 Å². The molecule has 0 saturated heterocycles. The molecule has 0 N–H and O–H groups in total. The fourth-order valence-electron chi connectivity index (χ4n) is 2.09. The number of nitro groups is 1. The third-order valence-electron chi connectivity index (χ3n) is 3.25. The molecule has 136 valence electrons. The summed E-state index contributed by atoms with van der Waals surface area (Å²) in [6.45, 7) is -3.02. The first-order valence-electron chi connectivity index (χ1n) is 7.12. The van der Waals surface area contributed by atoms with Gasteiger partial charge >= 0.3 is 6.61 Å². The summed E-state index contributed by atoms with van der Waals surface area (Å²) in [5.74, 6) is -1.83. The summed E-state index contributed by atoms with van der Waals surface area (Å²) in [5, 5.41) is 22.7. The molecule has 0 fully saturated rings.